The van der Waals surface area contributed by atoms with Crippen LogP contribution in [-0.4, -0.2) is 76.9 Å². The van der Waals surface area contributed by atoms with Gasteiger partial charge in [0.25, 0.3) is 0 Å². The van der Waals surface area contributed by atoms with Crippen molar-refractivity contribution in [2.75, 3.05) is 32.8 Å². The van der Waals surface area contributed by atoms with Crippen molar-refractivity contribution in [3.8, 4) is 5.75 Å². The van der Waals surface area contributed by atoms with Crippen LogP contribution in [0.2, 0.25) is 0 Å². The second-order valence-corrected chi connectivity index (χ2v) is 7.11. The van der Waals surface area contributed by atoms with Crippen molar-refractivity contribution in [3.05, 3.63) is 41.5 Å². The van der Waals surface area contributed by atoms with E-state index in [1.165, 1.54) is 0 Å². The summed E-state index contributed by atoms with van der Waals surface area (Å²) in [5, 5.41) is 25.8. The average Bonchev–Trinajstić information content (AvgIpc) is 2.80. The SMILES string of the molecule is CCCOCc1cc(C(=O)CC)ccc1OCC(O)CN(CC)CC.O=C(O)C=CC(=O)O. The Morgan fingerprint density at radius 1 is 1.03 bits per heavy atom. The van der Waals surface area contributed by atoms with E-state index in [0.29, 0.717) is 49.6 Å². The topological polar surface area (TPSA) is 134 Å². The predicted octanol–water partition coefficient (Wildman–Crippen LogP) is 3.00. The number of Topliss-reactive ketones (excluding diaryl/α,β-unsaturated/α-hetero) is 1. The van der Waals surface area contributed by atoms with Gasteiger partial charge in [0.1, 0.15) is 18.5 Å². The molecule has 0 spiro atoms. The van der Waals surface area contributed by atoms with Crippen molar-refractivity contribution >= 4 is 17.7 Å². The van der Waals surface area contributed by atoms with E-state index in [1.54, 1.807) is 12.1 Å². The van der Waals surface area contributed by atoms with Crippen molar-refractivity contribution < 1.29 is 39.2 Å². The Hall–Kier alpha value is -2.75. The van der Waals surface area contributed by atoms with Crippen LogP contribution in [0.4, 0.5) is 0 Å². The van der Waals surface area contributed by atoms with Crippen LogP contribution in [0.15, 0.2) is 30.4 Å². The van der Waals surface area contributed by atoms with E-state index in [4.69, 9.17) is 19.7 Å². The van der Waals surface area contributed by atoms with Gasteiger partial charge in [0.05, 0.1) is 6.61 Å². The monoisotopic (exact) mass is 467 g/mol. The highest BCUT2D eigenvalue weighted by Crippen LogP contribution is 2.22. The number of carboxylic acids is 2. The van der Waals surface area contributed by atoms with Gasteiger partial charge in [-0.15, -0.1) is 0 Å². The Balaban J connectivity index is 0.00000109. The smallest absolute Gasteiger partial charge is 0.328 e. The van der Waals surface area contributed by atoms with Gasteiger partial charge in [0.2, 0.25) is 0 Å². The maximum absolute atomic E-state index is 11.9. The molecule has 0 aliphatic carbocycles. The van der Waals surface area contributed by atoms with Gasteiger partial charge >= 0.3 is 11.9 Å². The Morgan fingerprint density at radius 3 is 2.12 bits per heavy atom. The van der Waals surface area contributed by atoms with Crippen LogP contribution < -0.4 is 4.74 Å². The molecule has 9 heteroatoms. The Bertz CT molecular complexity index is 743. The molecule has 186 valence electrons. The number of nitrogens with zero attached hydrogens (tertiary/aromatic N) is 1. The number of aliphatic hydroxyl groups is 1. The summed E-state index contributed by atoms with van der Waals surface area (Å²) in [7, 11) is 0. The Labute approximate surface area is 195 Å². The van der Waals surface area contributed by atoms with Crippen molar-refractivity contribution in [3.63, 3.8) is 0 Å². The molecule has 1 atom stereocenters. The molecule has 0 amide bonds. The van der Waals surface area contributed by atoms with E-state index < -0.39 is 18.0 Å². The van der Waals surface area contributed by atoms with Gasteiger partial charge in [0, 0.05) is 42.9 Å². The molecule has 0 fully saturated rings. The normalized spacial score (nSPS) is 11.7. The number of carboxylic acid groups (broad SMARTS) is 2. The highest BCUT2D eigenvalue weighted by atomic mass is 16.5. The largest absolute Gasteiger partial charge is 0.490 e. The molecular formula is C24H37NO8. The summed E-state index contributed by atoms with van der Waals surface area (Å²) in [6.07, 6.45) is 1.97. The van der Waals surface area contributed by atoms with Gasteiger partial charge < -0.3 is 29.7 Å². The first-order valence-electron chi connectivity index (χ1n) is 11.1. The van der Waals surface area contributed by atoms with Gasteiger partial charge in [-0.3, -0.25) is 4.79 Å². The minimum atomic E-state index is -1.26. The van der Waals surface area contributed by atoms with E-state index in [0.717, 1.165) is 25.1 Å². The van der Waals surface area contributed by atoms with Crippen LogP contribution in [0.5, 0.6) is 5.75 Å². The Morgan fingerprint density at radius 2 is 1.64 bits per heavy atom. The van der Waals surface area contributed by atoms with Gasteiger partial charge in [-0.25, -0.2) is 9.59 Å². The zero-order chi connectivity index (χ0) is 25.2. The van der Waals surface area contributed by atoms with E-state index in [2.05, 4.69) is 25.7 Å². The number of carbonyl (C=O) groups excluding carboxylic acids is 1. The molecule has 0 aliphatic heterocycles. The van der Waals surface area contributed by atoms with Gasteiger partial charge in [0.15, 0.2) is 5.78 Å². The van der Waals surface area contributed by atoms with Gasteiger partial charge in [-0.2, -0.15) is 0 Å². The molecular weight excluding hydrogens is 430 g/mol. The first kappa shape index (κ1) is 30.2. The summed E-state index contributed by atoms with van der Waals surface area (Å²) in [6.45, 7) is 11.7. The number of ketones is 1. The molecule has 0 radical (unpaired) electrons. The Kier molecular flexibility index (Phi) is 16.3. The molecule has 0 aromatic heterocycles. The maximum Gasteiger partial charge on any atom is 0.328 e. The number of carbonyl (C=O) groups is 3. The van der Waals surface area contributed by atoms with Gasteiger partial charge in [-0.05, 0) is 37.7 Å². The summed E-state index contributed by atoms with van der Waals surface area (Å²) < 4.78 is 11.4. The van der Waals surface area contributed by atoms with Crippen molar-refractivity contribution in [2.24, 2.45) is 0 Å². The molecule has 0 saturated carbocycles. The highest BCUT2D eigenvalue weighted by Gasteiger charge is 2.13. The summed E-state index contributed by atoms with van der Waals surface area (Å²) in [5.74, 6) is -1.74. The number of hydrogen-bond acceptors (Lipinski definition) is 7. The number of rotatable bonds is 15. The lowest BCUT2D eigenvalue weighted by molar-refractivity contribution is -0.134. The summed E-state index contributed by atoms with van der Waals surface area (Å²) >= 11 is 0. The zero-order valence-corrected chi connectivity index (χ0v) is 20.0. The molecule has 1 rings (SSSR count). The molecule has 9 nitrogen and oxygen atoms in total. The third-order valence-electron chi connectivity index (χ3n) is 4.47. The number of aliphatic carboxylic acids is 2. The predicted molar refractivity (Wildman–Crippen MR) is 125 cm³/mol. The van der Waals surface area contributed by atoms with Crippen LogP contribution >= 0.6 is 0 Å². The fraction of sp³-hybridized carbons (Fsp3) is 0.542. The second-order valence-electron chi connectivity index (χ2n) is 7.11. The molecule has 0 saturated heterocycles. The van der Waals surface area contributed by atoms with Crippen LogP contribution in [-0.2, 0) is 20.9 Å². The van der Waals surface area contributed by atoms with E-state index in [1.807, 2.05) is 13.0 Å². The molecule has 0 bridgehead atoms. The number of aliphatic hydroxyl groups excluding tert-OH is 1. The summed E-state index contributed by atoms with van der Waals surface area (Å²) in [4.78, 5) is 33.2. The van der Waals surface area contributed by atoms with Crippen LogP contribution in [0.25, 0.3) is 0 Å². The number of benzene rings is 1. The first-order valence-corrected chi connectivity index (χ1v) is 11.1. The molecule has 0 heterocycles. The van der Waals surface area contributed by atoms with Crippen LogP contribution in [0.3, 0.4) is 0 Å². The lowest BCUT2D eigenvalue weighted by Gasteiger charge is -2.22. The third kappa shape index (κ3) is 14.1. The standard InChI is InChI=1S/C20H33NO4.C4H4O4/c1-5-11-24-14-17-12-16(19(23)6-2)9-10-20(17)25-15-18(22)13-21(7-3)8-4;5-3(6)1-2-4(7)8/h9-10,12,18,22H,5-8,11,13-15H2,1-4H3;1-2H,(H,5,6)(H,7,8). The van der Waals surface area contributed by atoms with Crippen molar-refractivity contribution in [1.29, 1.82) is 0 Å². The van der Waals surface area contributed by atoms with Crippen LogP contribution in [0.1, 0.15) is 56.5 Å². The lowest BCUT2D eigenvalue weighted by atomic mass is 10.1. The molecule has 0 aliphatic rings. The molecule has 3 N–H and O–H groups in total. The fourth-order valence-electron chi connectivity index (χ4n) is 2.70. The molecule has 33 heavy (non-hydrogen) atoms. The lowest BCUT2D eigenvalue weighted by Crippen LogP contribution is -2.35. The third-order valence-corrected chi connectivity index (χ3v) is 4.47. The van der Waals surface area contributed by atoms with E-state index in [-0.39, 0.29) is 12.4 Å². The van der Waals surface area contributed by atoms with Crippen molar-refractivity contribution in [2.45, 2.75) is 53.2 Å². The van der Waals surface area contributed by atoms with Crippen LogP contribution in [0, 0.1) is 0 Å². The van der Waals surface area contributed by atoms with E-state index in [9.17, 15) is 19.5 Å². The summed E-state index contributed by atoms with van der Waals surface area (Å²) in [5.41, 5.74) is 1.52. The summed E-state index contributed by atoms with van der Waals surface area (Å²) in [6, 6.07) is 5.42. The van der Waals surface area contributed by atoms with E-state index >= 15 is 0 Å². The fourth-order valence-corrected chi connectivity index (χ4v) is 2.70. The maximum atomic E-state index is 11.9. The number of hydrogen-bond donors (Lipinski definition) is 3. The highest BCUT2D eigenvalue weighted by molar-refractivity contribution is 5.96. The molecule has 1 aromatic carbocycles. The van der Waals surface area contributed by atoms with Gasteiger partial charge in [-0.1, -0.05) is 27.7 Å². The number of likely N-dealkylation sites (N-methyl/N-ethyl adjacent to an activating group) is 1. The minimum Gasteiger partial charge on any atom is -0.490 e. The second kappa shape index (κ2) is 17.8. The van der Waals surface area contributed by atoms with Crippen molar-refractivity contribution in [1.82, 2.24) is 4.90 Å². The zero-order valence-electron chi connectivity index (χ0n) is 20.0. The molecule has 1 aromatic rings. The quantitative estimate of drug-likeness (QED) is 0.202. The number of ether oxygens (including phenoxy) is 2. The first-order chi connectivity index (χ1) is 15.7. The average molecular weight is 468 g/mol. The minimum absolute atomic E-state index is 0.102. The molecule has 1 unspecified atom stereocenters.